The molecule has 14 heteroatoms. The Hall–Kier alpha value is -2.87. The van der Waals surface area contributed by atoms with Crippen LogP contribution in [0.15, 0.2) is 0 Å². The van der Waals surface area contributed by atoms with Gasteiger partial charge in [0.05, 0.1) is 5.82 Å². The zero-order chi connectivity index (χ0) is 13.5. The van der Waals surface area contributed by atoms with E-state index in [9.17, 15) is 10.1 Å². The Morgan fingerprint density at radius 1 is 1.61 bits per heavy atom. The van der Waals surface area contributed by atoms with Crippen molar-refractivity contribution in [1.29, 1.82) is 0 Å². The van der Waals surface area contributed by atoms with Crippen molar-refractivity contribution in [3.05, 3.63) is 21.4 Å². The van der Waals surface area contributed by atoms with Crippen LogP contribution in [0, 0.1) is 10.1 Å². The Morgan fingerprint density at radius 3 is 2.89 bits per heavy atom. The number of aromatic amines is 1. The third-order valence-corrected chi connectivity index (χ3v) is 1.45. The second-order valence-corrected chi connectivity index (χ2v) is 2.59. The van der Waals surface area contributed by atoms with E-state index in [1.165, 1.54) is 0 Å². The molecule has 0 aliphatic heterocycles. The average molecular weight is 259 g/mol. The minimum Gasteiger partial charge on any atom is -0.365 e. The van der Waals surface area contributed by atoms with Gasteiger partial charge in [-0.3, -0.25) is 0 Å². The van der Waals surface area contributed by atoms with E-state index in [-0.39, 0.29) is 24.3 Å². The normalized spacial score (nSPS) is 9.44. The molecule has 0 saturated carbocycles. The van der Waals surface area contributed by atoms with Gasteiger partial charge in [-0.15, -0.1) is 5.10 Å². The van der Waals surface area contributed by atoms with Crippen LogP contribution in [0.1, 0.15) is 5.82 Å². The van der Waals surface area contributed by atoms with Crippen molar-refractivity contribution in [2.24, 2.45) is 0 Å². The van der Waals surface area contributed by atoms with Gasteiger partial charge < -0.3 is 15.8 Å². The Bertz CT molecular complexity index is 504. The molecule has 18 heavy (non-hydrogen) atoms. The van der Waals surface area contributed by atoms with Gasteiger partial charge in [0.2, 0.25) is 0 Å². The molecule has 0 amide bonds. The maximum atomic E-state index is 10.0. The molecule has 0 aromatic carbocycles. The number of tetrazole rings is 1. The van der Waals surface area contributed by atoms with Crippen molar-refractivity contribution in [2.45, 2.75) is 6.54 Å². The lowest BCUT2D eigenvalue weighted by molar-refractivity contribution is -0.670. The fraction of sp³-hybridized carbons (Fsp3) is 0.250. The molecule has 7 N–H and O–H groups in total. The molecule has 0 spiro atoms. The Labute approximate surface area is 98.1 Å². The molecule has 2 heterocycles. The number of nitrogen functional groups attached to an aromatic ring is 1. The van der Waals surface area contributed by atoms with Crippen molar-refractivity contribution in [3.63, 3.8) is 0 Å². The van der Waals surface area contributed by atoms with Crippen LogP contribution in [0.3, 0.4) is 0 Å². The van der Waals surface area contributed by atoms with E-state index in [4.69, 9.17) is 10.9 Å². The second-order valence-electron chi connectivity index (χ2n) is 2.59. The Morgan fingerprint density at radius 2 is 2.33 bits per heavy atom. The fourth-order valence-electron chi connectivity index (χ4n) is 0.929. The third kappa shape index (κ3) is 3.61. The molecule has 2 rings (SSSR count). The Balaban J connectivity index is 0.000000771. The summed E-state index contributed by atoms with van der Waals surface area (Å²) >= 11 is 0. The predicted molar refractivity (Wildman–Crippen MR) is 52.4 cm³/mol. The summed E-state index contributed by atoms with van der Waals surface area (Å²) in [4.78, 5) is 14.9. The van der Waals surface area contributed by atoms with E-state index in [0.29, 0.717) is 0 Å². The summed E-state index contributed by atoms with van der Waals surface area (Å²) in [6, 6.07) is 0. The number of hydrogen-bond donors (Lipinski definition) is 4. The molecule has 0 atom stereocenters. The lowest BCUT2D eigenvalue weighted by Crippen LogP contribution is -2.42. The predicted octanol–water partition coefficient (Wildman–Crippen LogP) is -2.76. The summed E-state index contributed by atoms with van der Waals surface area (Å²) < 4.78 is 0. The van der Waals surface area contributed by atoms with E-state index < -0.39 is 5.03 Å². The van der Waals surface area contributed by atoms with Gasteiger partial charge in [-0.05, 0) is 5.21 Å². The van der Waals surface area contributed by atoms with Crippen LogP contribution in [0.4, 0.5) is 11.9 Å². The van der Waals surface area contributed by atoms with Gasteiger partial charge in [-0.1, -0.05) is 10.5 Å². The van der Waals surface area contributed by atoms with Gasteiger partial charge in [0.15, 0.2) is 0 Å². The van der Waals surface area contributed by atoms with Gasteiger partial charge in [0.1, 0.15) is 17.5 Å². The highest BCUT2D eigenvalue weighted by Gasteiger charge is 2.02. The van der Waals surface area contributed by atoms with Gasteiger partial charge in [-0.25, -0.2) is 26.3 Å². The molecule has 0 bridgehead atoms. The quantitative estimate of drug-likeness (QED) is 0.329. The summed E-state index contributed by atoms with van der Waals surface area (Å²) in [6.07, 6.45) is 0. The highest BCUT2D eigenvalue weighted by atomic mass is 16.7. The van der Waals surface area contributed by atoms with Crippen LogP contribution >= 0.6 is 0 Å². The second kappa shape index (κ2) is 6.01. The standard InChI is InChI=1S/C4H5N10O2.H4NO/c5-3-8-12-13(10-3)1-2-6-4(9-7-2)11-14(15)16;1-2/h1H2,(H3-,5,6,7,9,10,11);2H,1H3/q-1;+1. The van der Waals surface area contributed by atoms with E-state index in [2.05, 4.69) is 41.9 Å². The first-order valence-corrected chi connectivity index (χ1v) is 4.26. The highest BCUT2D eigenvalue weighted by molar-refractivity contribution is 5.24. The highest BCUT2D eigenvalue weighted by Crippen LogP contribution is 2.09. The SMILES string of the molecule is Nc1nnn(Cc2n[nH]c([N-][N+](=O)[O-])n2)n1.[NH3+]O. The number of rotatable bonds is 4. The maximum absolute atomic E-state index is 10.0. The van der Waals surface area contributed by atoms with Crippen LogP contribution in [-0.4, -0.2) is 45.6 Å². The first-order chi connectivity index (χ1) is 8.63. The molecule has 98 valence electrons. The van der Waals surface area contributed by atoms with Crippen molar-refractivity contribution < 1.29 is 16.1 Å². The molecule has 0 fully saturated rings. The molecule has 0 radical (unpaired) electrons. The molecule has 2 aromatic rings. The maximum Gasteiger partial charge on any atom is 0.260 e. The fourth-order valence-corrected chi connectivity index (χ4v) is 0.929. The molecular weight excluding hydrogens is 250 g/mol. The summed E-state index contributed by atoms with van der Waals surface area (Å²) in [7, 11) is 0. The Kier molecular flexibility index (Phi) is 4.41. The van der Waals surface area contributed by atoms with Crippen LogP contribution in [-0.2, 0) is 6.54 Å². The lowest BCUT2D eigenvalue weighted by Gasteiger charge is -1.95. The van der Waals surface area contributed by atoms with Crippen LogP contribution in [0.5, 0.6) is 0 Å². The number of anilines is 1. The summed E-state index contributed by atoms with van der Waals surface area (Å²) in [5.41, 5.74) is 8.17. The van der Waals surface area contributed by atoms with Gasteiger partial charge in [0.25, 0.3) is 5.95 Å². The molecule has 0 unspecified atom stereocenters. The van der Waals surface area contributed by atoms with Crippen LogP contribution in [0.2, 0.25) is 0 Å². The third-order valence-electron chi connectivity index (χ3n) is 1.45. The van der Waals surface area contributed by atoms with Crippen molar-refractivity contribution in [1.82, 2.24) is 35.4 Å². The van der Waals surface area contributed by atoms with Crippen molar-refractivity contribution in [2.75, 3.05) is 5.73 Å². The molecule has 2 aromatic heterocycles. The first-order valence-electron chi connectivity index (χ1n) is 4.26. The summed E-state index contributed by atoms with van der Waals surface area (Å²) in [5, 5.41) is 32.5. The molecule has 0 aliphatic carbocycles. The van der Waals surface area contributed by atoms with Crippen molar-refractivity contribution in [3.8, 4) is 0 Å². The van der Waals surface area contributed by atoms with Gasteiger partial charge in [0, 0.05) is 0 Å². The average Bonchev–Trinajstić information content (AvgIpc) is 2.91. The monoisotopic (exact) mass is 259 g/mol. The number of aromatic nitrogens is 7. The van der Waals surface area contributed by atoms with Gasteiger partial charge >= 0.3 is 0 Å². The molecule has 14 nitrogen and oxygen atoms in total. The number of nitrogens with two attached hydrogens (primary N) is 1. The minimum atomic E-state index is -0.879. The minimum absolute atomic E-state index is 0.0192. The zero-order valence-corrected chi connectivity index (χ0v) is 8.83. The number of hydrogen-bond acceptors (Lipinski definition) is 9. The number of H-pyrrole nitrogens is 1. The largest absolute Gasteiger partial charge is 0.365 e. The first kappa shape index (κ1) is 13.2. The van der Waals surface area contributed by atoms with Gasteiger partial charge in [-0.2, -0.15) is 4.80 Å². The van der Waals surface area contributed by atoms with E-state index >= 15 is 0 Å². The zero-order valence-electron chi connectivity index (χ0n) is 8.83. The number of nitrogens with zero attached hydrogens (tertiary/aromatic N) is 8. The number of quaternary nitrogens is 1. The summed E-state index contributed by atoms with van der Waals surface area (Å²) in [6.45, 7) is 0.0912. The molecule has 0 aliphatic rings. The van der Waals surface area contributed by atoms with E-state index in [0.717, 1.165) is 4.80 Å². The van der Waals surface area contributed by atoms with Crippen molar-refractivity contribution >= 4 is 11.9 Å². The topological polar surface area (TPSA) is 216 Å². The van der Waals surface area contributed by atoms with E-state index in [1.807, 2.05) is 0 Å². The molecular formula is C4H9N11O3. The van der Waals surface area contributed by atoms with E-state index in [1.54, 1.807) is 0 Å². The number of nitro groups is 1. The smallest absolute Gasteiger partial charge is 0.260 e. The summed E-state index contributed by atoms with van der Waals surface area (Å²) in [5.74, 6) is 2.30. The molecule has 0 saturated heterocycles. The number of nitrogens with one attached hydrogen (secondary N) is 1. The van der Waals surface area contributed by atoms with Crippen LogP contribution < -0.4 is 11.6 Å². The van der Waals surface area contributed by atoms with Crippen LogP contribution in [0.25, 0.3) is 5.43 Å². The lowest BCUT2D eigenvalue weighted by atomic mass is 10.6.